The molecule has 1 atom stereocenters. The maximum atomic E-state index is 12.0. The van der Waals surface area contributed by atoms with Crippen LogP contribution in [0.3, 0.4) is 0 Å². The summed E-state index contributed by atoms with van der Waals surface area (Å²) in [5.74, 6) is 0.888. The second-order valence-corrected chi connectivity index (χ2v) is 8.50. The molecule has 0 spiro atoms. The van der Waals surface area contributed by atoms with Crippen LogP contribution in [0.25, 0.3) is 0 Å². The van der Waals surface area contributed by atoms with E-state index in [0.29, 0.717) is 12.1 Å². The van der Waals surface area contributed by atoms with Crippen molar-refractivity contribution in [3.63, 3.8) is 0 Å². The minimum absolute atomic E-state index is 0. The average Bonchev–Trinajstić information content (AvgIpc) is 3.31. The molecule has 0 bridgehead atoms. The maximum Gasteiger partial charge on any atom is 0.243 e. The van der Waals surface area contributed by atoms with Crippen molar-refractivity contribution in [1.82, 2.24) is 20.4 Å². The fourth-order valence-electron chi connectivity index (χ4n) is 4.56. The lowest BCUT2D eigenvalue weighted by molar-refractivity contribution is -0.127. The van der Waals surface area contributed by atoms with Crippen LogP contribution in [0, 0.1) is 0 Å². The highest BCUT2D eigenvalue weighted by molar-refractivity contribution is 14.0. The predicted molar refractivity (Wildman–Crippen MR) is 122 cm³/mol. The summed E-state index contributed by atoms with van der Waals surface area (Å²) in [4.78, 5) is 20.8. The first kappa shape index (κ1) is 22.7. The molecule has 0 aromatic rings. The summed E-state index contributed by atoms with van der Waals surface area (Å²) in [6.07, 6.45) is 13.0. The SMILES string of the molecule is CN(C)C(=O)CN=C(NC1CCCCC1)NC1CCN(C2CCCC2)C1.I. The molecule has 1 amide bonds. The van der Waals surface area contributed by atoms with Crippen molar-refractivity contribution in [3.8, 4) is 0 Å². The third-order valence-corrected chi connectivity index (χ3v) is 6.22. The van der Waals surface area contributed by atoms with E-state index in [1.54, 1.807) is 19.0 Å². The monoisotopic (exact) mass is 491 g/mol. The van der Waals surface area contributed by atoms with Gasteiger partial charge in [-0.05, 0) is 32.1 Å². The highest BCUT2D eigenvalue weighted by Gasteiger charge is 2.30. The number of hydrogen-bond acceptors (Lipinski definition) is 3. The highest BCUT2D eigenvalue weighted by Crippen LogP contribution is 2.26. The lowest BCUT2D eigenvalue weighted by atomic mass is 9.96. The zero-order chi connectivity index (χ0) is 18.4. The van der Waals surface area contributed by atoms with Gasteiger partial charge < -0.3 is 15.5 Å². The molecule has 2 aliphatic carbocycles. The van der Waals surface area contributed by atoms with Crippen molar-refractivity contribution in [2.45, 2.75) is 82.3 Å². The Bertz CT molecular complexity index is 487. The Morgan fingerprint density at radius 3 is 2.26 bits per heavy atom. The van der Waals surface area contributed by atoms with E-state index in [1.165, 1.54) is 70.8 Å². The van der Waals surface area contributed by atoms with Gasteiger partial charge >= 0.3 is 0 Å². The van der Waals surface area contributed by atoms with Crippen LogP contribution in [-0.4, -0.2) is 73.5 Å². The summed E-state index contributed by atoms with van der Waals surface area (Å²) in [5, 5.41) is 7.25. The quantitative estimate of drug-likeness (QED) is 0.353. The molecule has 156 valence electrons. The molecule has 1 aliphatic heterocycles. The van der Waals surface area contributed by atoms with E-state index in [4.69, 9.17) is 0 Å². The molecule has 3 fully saturated rings. The molecule has 1 heterocycles. The Morgan fingerprint density at radius 1 is 0.963 bits per heavy atom. The van der Waals surface area contributed by atoms with Gasteiger partial charge in [-0.25, -0.2) is 4.99 Å². The van der Waals surface area contributed by atoms with Crippen molar-refractivity contribution >= 4 is 35.8 Å². The highest BCUT2D eigenvalue weighted by atomic mass is 127. The van der Waals surface area contributed by atoms with E-state index in [-0.39, 0.29) is 36.4 Å². The number of aliphatic imine (C=N–C) groups is 1. The van der Waals surface area contributed by atoms with Gasteiger partial charge in [-0.15, -0.1) is 24.0 Å². The van der Waals surface area contributed by atoms with Crippen LogP contribution >= 0.6 is 24.0 Å². The average molecular weight is 491 g/mol. The van der Waals surface area contributed by atoms with Crippen LogP contribution in [-0.2, 0) is 4.79 Å². The van der Waals surface area contributed by atoms with Crippen LogP contribution in [0.2, 0.25) is 0 Å². The molecular formula is C20H38IN5O. The maximum absolute atomic E-state index is 12.0. The number of likely N-dealkylation sites (N-methyl/N-ethyl adjacent to an activating group) is 1. The number of amides is 1. The standard InChI is InChI=1S/C20H37N5O.HI/c1-24(2)19(26)14-21-20(22-16-8-4-3-5-9-16)23-17-12-13-25(15-17)18-10-6-7-11-18;/h16-18H,3-15H2,1-2H3,(H2,21,22,23);1H. The van der Waals surface area contributed by atoms with Crippen LogP contribution in [0.4, 0.5) is 0 Å². The molecule has 0 aromatic carbocycles. The summed E-state index contributed by atoms with van der Waals surface area (Å²) in [7, 11) is 3.58. The number of halogens is 1. The van der Waals surface area contributed by atoms with Crippen LogP contribution in [0.5, 0.6) is 0 Å². The molecule has 1 saturated heterocycles. The summed E-state index contributed by atoms with van der Waals surface area (Å²) in [6.45, 7) is 2.52. The number of carbonyl (C=O) groups is 1. The Hall–Kier alpha value is -0.570. The zero-order valence-corrected chi connectivity index (χ0v) is 19.4. The Morgan fingerprint density at radius 2 is 1.59 bits per heavy atom. The number of nitrogens with zero attached hydrogens (tertiary/aromatic N) is 3. The first-order chi connectivity index (χ1) is 12.6. The molecule has 7 heteroatoms. The lowest BCUT2D eigenvalue weighted by Crippen LogP contribution is -2.49. The van der Waals surface area contributed by atoms with E-state index in [9.17, 15) is 4.79 Å². The largest absolute Gasteiger partial charge is 0.354 e. The number of hydrogen-bond donors (Lipinski definition) is 2. The van der Waals surface area contributed by atoms with Gasteiger partial charge in [0.2, 0.25) is 5.91 Å². The van der Waals surface area contributed by atoms with Crippen molar-refractivity contribution in [2.75, 3.05) is 33.7 Å². The summed E-state index contributed by atoms with van der Waals surface area (Å²) >= 11 is 0. The first-order valence-electron chi connectivity index (χ1n) is 10.6. The van der Waals surface area contributed by atoms with Gasteiger partial charge in [0, 0.05) is 45.3 Å². The summed E-state index contributed by atoms with van der Waals surface area (Å²) < 4.78 is 0. The second kappa shape index (κ2) is 11.4. The molecule has 27 heavy (non-hydrogen) atoms. The summed E-state index contributed by atoms with van der Waals surface area (Å²) in [5.41, 5.74) is 0. The van der Waals surface area contributed by atoms with Gasteiger partial charge in [0.15, 0.2) is 5.96 Å². The molecule has 3 rings (SSSR count). The van der Waals surface area contributed by atoms with Crippen LogP contribution in [0.1, 0.15) is 64.2 Å². The number of carbonyl (C=O) groups excluding carboxylic acids is 1. The van der Waals surface area contributed by atoms with Crippen LogP contribution in [0.15, 0.2) is 4.99 Å². The fraction of sp³-hybridized carbons (Fsp3) is 0.900. The van der Waals surface area contributed by atoms with E-state index >= 15 is 0 Å². The van der Waals surface area contributed by atoms with Crippen molar-refractivity contribution in [3.05, 3.63) is 0 Å². The first-order valence-corrected chi connectivity index (χ1v) is 10.6. The Labute approximate surface area is 181 Å². The van der Waals surface area contributed by atoms with E-state index in [0.717, 1.165) is 18.5 Å². The van der Waals surface area contributed by atoms with E-state index in [2.05, 4.69) is 20.5 Å². The number of guanidine groups is 1. The molecular weight excluding hydrogens is 453 g/mol. The number of rotatable bonds is 5. The minimum Gasteiger partial charge on any atom is -0.354 e. The minimum atomic E-state index is 0. The lowest BCUT2D eigenvalue weighted by Gasteiger charge is -2.27. The Kier molecular flexibility index (Phi) is 9.62. The van der Waals surface area contributed by atoms with Gasteiger partial charge in [0.05, 0.1) is 0 Å². The predicted octanol–water partition coefficient (Wildman–Crippen LogP) is 2.58. The molecule has 2 saturated carbocycles. The van der Waals surface area contributed by atoms with E-state index in [1.807, 2.05) is 0 Å². The second-order valence-electron chi connectivity index (χ2n) is 8.50. The molecule has 1 unspecified atom stereocenters. The molecule has 0 radical (unpaired) electrons. The molecule has 3 aliphatic rings. The number of nitrogens with one attached hydrogen (secondary N) is 2. The molecule has 6 nitrogen and oxygen atoms in total. The third kappa shape index (κ3) is 7.07. The van der Waals surface area contributed by atoms with Gasteiger partial charge in [-0.3, -0.25) is 9.69 Å². The molecule has 0 aromatic heterocycles. The smallest absolute Gasteiger partial charge is 0.243 e. The van der Waals surface area contributed by atoms with E-state index < -0.39 is 0 Å². The van der Waals surface area contributed by atoms with Gasteiger partial charge in [0.25, 0.3) is 0 Å². The van der Waals surface area contributed by atoms with Gasteiger partial charge in [-0.1, -0.05) is 32.1 Å². The fourth-order valence-corrected chi connectivity index (χ4v) is 4.56. The third-order valence-electron chi connectivity index (χ3n) is 6.22. The van der Waals surface area contributed by atoms with Gasteiger partial charge in [-0.2, -0.15) is 0 Å². The van der Waals surface area contributed by atoms with Crippen molar-refractivity contribution in [1.29, 1.82) is 0 Å². The topological polar surface area (TPSA) is 60.0 Å². The summed E-state index contributed by atoms with van der Waals surface area (Å²) in [6, 6.07) is 1.74. The van der Waals surface area contributed by atoms with Crippen LogP contribution < -0.4 is 10.6 Å². The zero-order valence-electron chi connectivity index (χ0n) is 17.1. The van der Waals surface area contributed by atoms with Crippen molar-refractivity contribution < 1.29 is 4.79 Å². The number of likely N-dealkylation sites (tertiary alicyclic amines) is 1. The molecule has 2 N–H and O–H groups in total. The normalized spacial score (nSPS) is 25.3. The Balaban J connectivity index is 0.00000261. The van der Waals surface area contributed by atoms with Gasteiger partial charge in [0.1, 0.15) is 6.54 Å². The van der Waals surface area contributed by atoms with Crippen molar-refractivity contribution in [2.24, 2.45) is 4.99 Å².